The molecule has 0 saturated carbocycles. The number of benzene rings is 2. The van der Waals surface area contributed by atoms with Crippen LogP contribution in [0.2, 0.25) is 0 Å². The van der Waals surface area contributed by atoms with Crippen molar-refractivity contribution in [3.05, 3.63) is 48.0 Å². The molecule has 2 aliphatic heterocycles. The molecule has 2 N–H and O–H groups in total. The number of hydrogen-bond donors (Lipinski definition) is 2. The van der Waals surface area contributed by atoms with Gasteiger partial charge in [0.1, 0.15) is 5.75 Å². The Bertz CT molecular complexity index is 1110. The quantitative estimate of drug-likeness (QED) is 0.739. The SMILES string of the molecule is COc1cccc(NC(=O)C2CCN(S(=O)(=O)c3ccc4c(c3)CCC(=O)N4)CC2)c1. The highest BCUT2D eigenvalue weighted by Crippen LogP contribution is 2.29. The van der Waals surface area contributed by atoms with Crippen molar-refractivity contribution in [1.29, 1.82) is 0 Å². The van der Waals surface area contributed by atoms with E-state index < -0.39 is 10.0 Å². The fourth-order valence-corrected chi connectivity index (χ4v) is 5.49. The number of sulfonamides is 1. The van der Waals surface area contributed by atoms with E-state index in [-0.39, 0.29) is 35.7 Å². The number of ether oxygens (including phenoxy) is 1. The van der Waals surface area contributed by atoms with Crippen molar-refractivity contribution in [3.8, 4) is 5.75 Å². The van der Waals surface area contributed by atoms with Gasteiger partial charge in [-0.15, -0.1) is 0 Å². The third-order valence-electron chi connectivity index (χ3n) is 5.77. The lowest BCUT2D eigenvalue weighted by Crippen LogP contribution is -2.41. The van der Waals surface area contributed by atoms with Crippen LogP contribution in [0.4, 0.5) is 11.4 Å². The average Bonchev–Trinajstić information content (AvgIpc) is 2.78. The molecule has 0 bridgehead atoms. The molecule has 2 heterocycles. The number of hydrogen-bond acceptors (Lipinski definition) is 5. The number of methoxy groups -OCH3 is 1. The van der Waals surface area contributed by atoms with Gasteiger partial charge in [0.25, 0.3) is 0 Å². The number of amides is 2. The molecule has 0 unspecified atom stereocenters. The van der Waals surface area contributed by atoms with E-state index in [1.807, 2.05) is 0 Å². The first kappa shape index (κ1) is 21.3. The lowest BCUT2D eigenvalue weighted by molar-refractivity contribution is -0.121. The fraction of sp³-hybridized carbons (Fsp3) is 0.364. The van der Waals surface area contributed by atoms with Gasteiger partial charge in [-0.3, -0.25) is 9.59 Å². The summed E-state index contributed by atoms with van der Waals surface area (Å²) in [5, 5.41) is 5.65. The molecule has 0 aromatic heterocycles. The van der Waals surface area contributed by atoms with Crippen LogP contribution >= 0.6 is 0 Å². The number of aryl methyl sites for hydroxylation is 1. The molecule has 1 saturated heterocycles. The average molecular weight is 444 g/mol. The van der Waals surface area contributed by atoms with Crippen molar-refractivity contribution < 1.29 is 22.7 Å². The summed E-state index contributed by atoms with van der Waals surface area (Å²) in [5.41, 5.74) is 2.15. The van der Waals surface area contributed by atoms with E-state index in [1.54, 1.807) is 43.5 Å². The molecule has 2 aliphatic rings. The normalized spacial score (nSPS) is 17.5. The van der Waals surface area contributed by atoms with E-state index in [9.17, 15) is 18.0 Å². The highest BCUT2D eigenvalue weighted by molar-refractivity contribution is 7.89. The summed E-state index contributed by atoms with van der Waals surface area (Å²) in [4.78, 5) is 24.4. The number of piperidine rings is 1. The van der Waals surface area contributed by atoms with Gasteiger partial charge < -0.3 is 15.4 Å². The predicted octanol–water partition coefficient (Wildman–Crippen LogP) is 2.62. The first-order chi connectivity index (χ1) is 14.9. The van der Waals surface area contributed by atoms with Crippen LogP contribution in [0.25, 0.3) is 0 Å². The molecule has 2 aromatic carbocycles. The Morgan fingerprint density at radius 2 is 1.90 bits per heavy atom. The Balaban J connectivity index is 1.39. The van der Waals surface area contributed by atoms with Crippen molar-refractivity contribution in [2.75, 3.05) is 30.8 Å². The second-order valence-electron chi connectivity index (χ2n) is 7.77. The molecule has 164 valence electrons. The molecular formula is C22H25N3O5S. The minimum Gasteiger partial charge on any atom is -0.497 e. The van der Waals surface area contributed by atoms with E-state index in [1.165, 1.54) is 10.4 Å². The van der Waals surface area contributed by atoms with Crippen molar-refractivity contribution in [2.45, 2.75) is 30.6 Å². The molecule has 2 aromatic rings. The summed E-state index contributed by atoms with van der Waals surface area (Å²) in [5.74, 6) is 0.229. The van der Waals surface area contributed by atoms with E-state index in [0.717, 1.165) is 5.56 Å². The maximum Gasteiger partial charge on any atom is 0.243 e. The largest absolute Gasteiger partial charge is 0.497 e. The fourth-order valence-electron chi connectivity index (χ4n) is 3.97. The Kier molecular flexibility index (Phi) is 5.97. The molecule has 4 rings (SSSR count). The molecule has 31 heavy (non-hydrogen) atoms. The summed E-state index contributed by atoms with van der Waals surface area (Å²) in [6.07, 6.45) is 1.79. The second-order valence-corrected chi connectivity index (χ2v) is 9.70. The zero-order valence-electron chi connectivity index (χ0n) is 17.3. The van der Waals surface area contributed by atoms with Crippen molar-refractivity contribution in [2.24, 2.45) is 5.92 Å². The molecule has 9 heteroatoms. The van der Waals surface area contributed by atoms with Crippen molar-refractivity contribution >= 4 is 33.2 Å². The Labute approximate surface area is 181 Å². The zero-order valence-corrected chi connectivity index (χ0v) is 18.1. The number of anilines is 2. The van der Waals surface area contributed by atoms with Crippen LogP contribution in [0.1, 0.15) is 24.8 Å². The third-order valence-corrected chi connectivity index (χ3v) is 7.67. The minimum atomic E-state index is -3.65. The molecule has 8 nitrogen and oxygen atoms in total. The maximum atomic E-state index is 13.1. The van der Waals surface area contributed by atoms with Crippen LogP contribution in [-0.2, 0) is 26.0 Å². The standard InChI is InChI=1S/C22H25N3O5S/c1-30-18-4-2-3-17(14-18)23-22(27)15-9-11-25(12-10-15)31(28,29)19-6-7-20-16(13-19)5-8-21(26)24-20/h2-4,6-7,13-15H,5,8-12H2,1H3,(H,23,27)(H,24,26). The van der Waals surface area contributed by atoms with Gasteiger partial charge in [-0.2, -0.15) is 4.31 Å². The van der Waals surface area contributed by atoms with E-state index in [0.29, 0.717) is 42.8 Å². The summed E-state index contributed by atoms with van der Waals surface area (Å²) < 4.78 is 32.8. The molecular weight excluding hydrogens is 418 g/mol. The summed E-state index contributed by atoms with van der Waals surface area (Å²) in [6, 6.07) is 12.0. The lowest BCUT2D eigenvalue weighted by atomic mass is 9.97. The predicted molar refractivity (Wildman–Crippen MR) is 116 cm³/mol. The van der Waals surface area contributed by atoms with Gasteiger partial charge in [-0.25, -0.2) is 8.42 Å². The summed E-state index contributed by atoms with van der Waals surface area (Å²) in [7, 11) is -2.09. The smallest absolute Gasteiger partial charge is 0.243 e. The number of fused-ring (bicyclic) bond motifs is 1. The van der Waals surface area contributed by atoms with Gasteiger partial charge in [0.15, 0.2) is 0 Å². The third kappa shape index (κ3) is 4.57. The molecule has 1 fully saturated rings. The van der Waals surface area contributed by atoms with E-state index in [2.05, 4.69) is 10.6 Å². The van der Waals surface area contributed by atoms with Crippen LogP contribution in [0.3, 0.4) is 0 Å². The van der Waals surface area contributed by atoms with Crippen LogP contribution in [0.15, 0.2) is 47.4 Å². The van der Waals surface area contributed by atoms with Gasteiger partial charge in [-0.05, 0) is 55.2 Å². The minimum absolute atomic E-state index is 0.0580. The maximum absolute atomic E-state index is 13.1. The van der Waals surface area contributed by atoms with Crippen molar-refractivity contribution in [1.82, 2.24) is 4.31 Å². The van der Waals surface area contributed by atoms with Crippen LogP contribution < -0.4 is 15.4 Å². The summed E-state index contributed by atoms with van der Waals surface area (Å²) >= 11 is 0. The Hall–Kier alpha value is -2.91. The van der Waals surface area contributed by atoms with E-state index >= 15 is 0 Å². The van der Waals surface area contributed by atoms with Crippen LogP contribution in [0, 0.1) is 5.92 Å². The van der Waals surface area contributed by atoms with Gasteiger partial charge in [0, 0.05) is 42.9 Å². The molecule has 0 spiro atoms. The van der Waals surface area contributed by atoms with Crippen LogP contribution in [0.5, 0.6) is 5.75 Å². The second kappa shape index (κ2) is 8.68. The zero-order chi connectivity index (χ0) is 22.0. The lowest BCUT2D eigenvalue weighted by Gasteiger charge is -2.31. The molecule has 2 amide bonds. The first-order valence-corrected chi connectivity index (χ1v) is 11.7. The van der Waals surface area contributed by atoms with E-state index in [4.69, 9.17) is 4.74 Å². The molecule has 0 radical (unpaired) electrons. The number of nitrogens with zero attached hydrogens (tertiary/aromatic N) is 1. The van der Waals surface area contributed by atoms with Gasteiger partial charge in [0.05, 0.1) is 12.0 Å². The van der Waals surface area contributed by atoms with Gasteiger partial charge in [-0.1, -0.05) is 6.07 Å². The molecule has 0 aliphatic carbocycles. The van der Waals surface area contributed by atoms with Crippen LogP contribution in [-0.4, -0.2) is 44.7 Å². The number of carbonyl (C=O) groups is 2. The topological polar surface area (TPSA) is 105 Å². The van der Waals surface area contributed by atoms with Crippen molar-refractivity contribution in [3.63, 3.8) is 0 Å². The number of carbonyl (C=O) groups excluding carboxylic acids is 2. The first-order valence-electron chi connectivity index (χ1n) is 10.2. The molecule has 0 atom stereocenters. The summed E-state index contributed by atoms with van der Waals surface area (Å²) in [6.45, 7) is 0.568. The highest BCUT2D eigenvalue weighted by Gasteiger charge is 2.32. The number of nitrogens with one attached hydrogen (secondary N) is 2. The van der Waals surface area contributed by atoms with Gasteiger partial charge >= 0.3 is 0 Å². The monoisotopic (exact) mass is 443 g/mol. The highest BCUT2D eigenvalue weighted by atomic mass is 32.2. The van der Waals surface area contributed by atoms with Gasteiger partial charge in [0.2, 0.25) is 21.8 Å². The Morgan fingerprint density at radius 3 is 2.65 bits per heavy atom. The number of rotatable bonds is 5. The Morgan fingerprint density at radius 1 is 1.13 bits per heavy atom.